The highest BCUT2D eigenvalue weighted by atomic mass is 32.2. The van der Waals surface area contributed by atoms with E-state index in [2.05, 4.69) is 27.3 Å². The molecule has 37 heavy (non-hydrogen) atoms. The van der Waals surface area contributed by atoms with Crippen molar-refractivity contribution in [3.05, 3.63) is 42.2 Å². The van der Waals surface area contributed by atoms with Gasteiger partial charge in [0.05, 0.1) is 12.3 Å². The molecule has 1 aliphatic rings. The van der Waals surface area contributed by atoms with Crippen molar-refractivity contribution in [1.82, 2.24) is 15.6 Å². The molecule has 0 saturated heterocycles. The van der Waals surface area contributed by atoms with Crippen LogP contribution in [0.3, 0.4) is 0 Å². The summed E-state index contributed by atoms with van der Waals surface area (Å²) in [6.45, 7) is 13.6. The molecule has 3 rings (SSSR count). The van der Waals surface area contributed by atoms with Crippen molar-refractivity contribution < 1.29 is 14.3 Å². The Morgan fingerprint density at radius 3 is 2.49 bits per heavy atom. The van der Waals surface area contributed by atoms with Gasteiger partial charge in [0.1, 0.15) is 17.2 Å². The first-order chi connectivity index (χ1) is 17.7. The van der Waals surface area contributed by atoms with Crippen LogP contribution in [0, 0.1) is 5.92 Å². The molecule has 7 nitrogen and oxygen atoms in total. The minimum Gasteiger partial charge on any atom is -0.457 e. The third-order valence-electron chi connectivity index (χ3n) is 5.38. The van der Waals surface area contributed by atoms with Crippen molar-refractivity contribution in [3.63, 3.8) is 0 Å². The molecule has 9 heteroatoms. The van der Waals surface area contributed by atoms with Crippen molar-refractivity contribution >= 4 is 43.6 Å². The SMILES string of the molecule is C=Nc1ccc(Oc2ccnc(C(=O)NCCOC)c2)cc1SCNCC1CCCCC1.CC.CC.S. The Labute approximate surface area is 235 Å². The highest BCUT2D eigenvalue weighted by Crippen LogP contribution is 2.34. The molecule has 208 valence electrons. The zero-order valence-corrected chi connectivity index (χ0v) is 25.0. The van der Waals surface area contributed by atoms with Crippen molar-refractivity contribution in [2.45, 2.75) is 64.7 Å². The largest absolute Gasteiger partial charge is 0.457 e. The fourth-order valence-electron chi connectivity index (χ4n) is 3.68. The Bertz CT molecular complexity index is 893. The number of carbonyl (C=O) groups is 1. The number of methoxy groups -OCH3 is 1. The number of nitrogens with one attached hydrogen (secondary N) is 2. The van der Waals surface area contributed by atoms with Gasteiger partial charge in [0.15, 0.2) is 0 Å². The van der Waals surface area contributed by atoms with E-state index in [1.165, 1.54) is 32.1 Å². The Kier molecular flexibility index (Phi) is 20.7. The van der Waals surface area contributed by atoms with Crippen LogP contribution in [0.25, 0.3) is 0 Å². The van der Waals surface area contributed by atoms with Crippen molar-refractivity contribution in [3.8, 4) is 11.5 Å². The molecule has 0 atom stereocenters. The number of amides is 1. The number of carbonyl (C=O) groups excluding carboxylic acids is 1. The number of thioether (sulfide) groups is 1. The zero-order chi connectivity index (χ0) is 26.6. The van der Waals surface area contributed by atoms with Crippen LogP contribution in [0.4, 0.5) is 5.69 Å². The number of hydrogen-bond donors (Lipinski definition) is 2. The number of pyridine rings is 1. The normalized spacial score (nSPS) is 12.6. The lowest BCUT2D eigenvalue weighted by molar-refractivity contribution is 0.0932. The van der Waals surface area contributed by atoms with Gasteiger partial charge in [-0.25, -0.2) is 0 Å². The monoisotopic (exact) mass is 550 g/mol. The molecular weight excluding hydrogens is 504 g/mol. The summed E-state index contributed by atoms with van der Waals surface area (Å²) in [5, 5.41) is 6.32. The lowest BCUT2D eigenvalue weighted by atomic mass is 9.89. The van der Waals surface area contributed by atoms with Gasteiger partial charge in [-0.2, -0.15) is 13.5 Å². The van der Waals surface area contributed by atoms with E-state index in [0.717, 1.165) is 28.9 Å². The minimum atomic E-state index is -0.265. The number of aliphatic imine (C=N–C) groups is 1. The van der Waals surface area contributed by atoms with E-state index in [4.69, 9.17) is 9.47 Å². The van der Waals surface area contributed by atoms with E-state index in [1.54, 1.807) is 37.2 Å². The fraction of sp³-hybridized carbons (Fsp3) is 0.536. The second kappa shape index (κ2) is 22.0. The van der Waals surface area contributed by atoms with Gasteiger partial charge in [-0.1, -0.05) is 47.0 Å². The highest BCUT2D eigenvalue weighted by molar-refractivity contribution is 7.99. The summed E-state index contributed by atoms with van der Waals surface area (Å²) in [4.78, 5) is 21.5. The third-order valence-corrected chi connectivity index (χ3v) is 6.37. The molecule has 2 aromatic rings. The van der Waals surface area contributed by atoms with Crippen LogP contribution in [0.15, 0.2) is 46.4 Å². The molecule has 1 aliphatic carbocycles. The lowest BCUT2D eigenvalue weighted by Gasteiger charge is -2.21. The highest BCUT2D eigenvalue weighted by Gasteiger charge is 2.13. The number of rotatable bonds is 12. The number of nitrogens with zero attached hydrogens (tertiary/aromatic N) is 2. The Morgan fingerprint density at radius 1 is 1.11 bits per heavy atom. The number of ether oxygens (including phenoxy) is 2. The smallest absolute Gasteiger partial charge is 0.270 e. The topological polar surface area (TPSA) is 84.8 Å². The summed E-state index contributed by atoms with van der Waals surface area (Å²) in [5.41, 5.74) is 1.12. The molecule has 0 unspecified atom stereocenters. The quantitative estimate of drug-likeness (QED) is 0.129. The van der Waals surface area contributed by atoms with E-state index in [0.29, 0.717) is 30.3 Å². The van der Waals surface area contributed by atoms with Crippen LogP contribution >= 0.6 is 25.3 Å². The predicted octanol–water partition coefficient (Wildman–Crippen LogP) is 6.97. The molecule has 2 N–H and O–H groups in total. The van der Waals surface area contributed by atoms with E-state index < -0.39 is 0 Å². The van der Waals surface area contributed by atoms with Crippen molar-refractivity contribution in [1.29, 1.82) is 0 Å². The molecule has 1 saturated carbocycles. The Balaban J connectivity index is 0.00000247. The van der Waals surface area contributed by atoms with Crippen LogP contribution in [0.2, 0.25) is 0 Å². The van der Waals surface area contributed by atoms with Gasteiger partial charge in [-0.15, -0.1) is 11.8 Å². The molecule has 1 amide bonds. The molecule has 1 aromatic carbocycles. The average Bonchev–Trinajstić information content (AvgIpc) is 2.94. The van der Waals surface area contributed by atoms with Gasteiger partial charge in [0, 0.05) is 36.7 Å². The van der Waals surface area contributed by atoms with E-state index in [9.17, 15) is 4.79 Å². The average molecular weight is 551 g/mol. The van der Waals surface area contributed by atoms with Gasteiger partial charge >= 0.3 is 0 Å². The summed E-state index contributed by atoms with van der Waals surface area (Å²) in [6, 6.07) is 9.05. The second-order valence-electron chi connectivity index (χ2n) is 7.76. The summed E-state index contributed by atoms with van der Waals surface area (Å²) >= 11 is 1.69. The molecule has 0 spiro atoms. The van der Waals surface area contributed by atoms with Crippen molar-refractivity contribution in [2.24, 2.45) is 10.9 Å². The van der Waals surface area contributed by atoms with Gasteiger partial charge in [0.2, 0.25) is 0 Å². The van der Waals surface area contributed by atoms with Gasteiger partial charge in [-0.05, 0) is 56.3 Å². The van der Waals surface area contributed by atoms with E-state index >= 15 is 0 Å². The standard InChI is InChI=1S/C24H32N4O3S.2C2H6.H2S/c1-25-21-9-8-19(15-23(21)32-17-26-16-18-6-4-3-5-7-18)31-20-10-11-27-22(14-20)24(29)28-12-13-30-2;2*1-2;/h8-11,14-15,18,26H,1,3-7,12-13,16-17H2,2H3,(H,28,29);2*1-2H3;1H2. The fourth-order valence-corrected chi connectivity index (χ4v) is 4.53. The van der Waals surface area contributed by atoms with Crippen molar-refractivity contribution in [2.75, 3.05) is 32.7 Å². The first kappa shape index (κ1) is 34.9. The molecule has 1 fully saturated rings. The predicted molar refractivity (Wildman–Crippen MR) is 163 cm³/mol. The van der Waals surface area contributed by atoms with Gasteiger partial charge in [-0.3, -0.25) is 14.8 Å². The molecular formula is C28H46N4O3S2. The number of hydrogen-bond acceptors (Lipinski definition) is 7. The number of benzene rings is 1. The molecule has 0 aliphatic heterocycles. The summed E-state index contributed by atoms with van der Waals surface area (Å²) in [6.07, 6.45) is 8.32. The van der Waals surface area contributed by atoms with Crippen LogP contribution in [0.5, 0.6) is 11.5 Å². The summed E-state index contributed by atoms with van der Waals surface area (Å²) < 4.78 is 10.9. The van der Waals surface area contributed by atoms with Crippen LogP contribution in [-0.4, -0.2) is 50.3 Å². The Morgan fingerprint density at radius 2 is 1.81 bits per heavy atom. The lowest BCUT2D eigenvalue weighted by Crippen LogP contribution is -2.27. The van der Waals surface area contributed by atoms with E-state index in [1.807, 2.05) is 45.9 Å². The second-order valence-corrected chi connectivity index (χ2v) is 8.78. The van der Waals surface area contributed by atoms with E-state index in [-0.39, 0.29) is 19.4 Å². The zero-order valence-electron chi connectivity index (χ0n) is 23.1. The number of aromatic nitrogens is 1. The first-order valence-corrected chi connectivity index (χ1v) is 14.0. The maximum atomic E-state index is 12.2. The van der Waals surface area contributed by atoms with Crippen LogP contribution < -0.4 is 15.4 Å². The van der Waals surface area contributed by atoms with Crippen LogP contribution in [0.1, 0.15) is 70.3 Å². The first-order valence-electron chi connectivity index (χ1n) is 13.0. The van der Waals surface area contributed by atoms with Crippen LogP contribution in [-0.2, 0) is 4.74 Å². The Hall–Kier alpha value is -2.07. The minimum absolute atomic E-state index is 0. The molecule has 1 aromatic heterocycles. The summed E-state index contributed by atoms with van der Waals surface area (Å²) in [5.74, 6) is 2.55. The maximum Gasteiger partial charge on any atom is 0.270 e. The van der Waals surface area contributed by atoms with Gasteiger partial charge in [0.25, 0.3) is 5.91 Å². The molecule has 0 radical (unpaired) electrons. The molecule has 1 heterocycles. The summed E-state index contributed by atoms with van der Waals surface area (Å²) in [7, 11) is 1.59. The third kappa shape index (κ3) is 13.3. The van der Waals surface area contributed by atoms with Gasteiger partial charge < -0.3 is 20.1 Å². The maximum absolute atomic E-state index is 12.2. The molecule has 0 bridgehead atoms.